The van der Waals surface area contributed by atoms with Crippen molar-refractivity contribution < 1.29 is 22.3 Å². The number of ether oxygens (including phenoxy) is 1. The molecule has 138 valence electrons. The Labute approximate surface area is 147 Å². The van der Waals surface area contributed by atoms with Gasteiger partial charge in [0.2, 0.25) is 10.0 Å². The Morgan fingerprint density at radius 3 is 2.44 bits per heavy atom. The van der Waals surface area contributed by atoms with Gasteiger partial charge in [-0.1, -0.05) is 6.07 Å². The maximum atomic E-state index is 13.6. The molecular weight excluding hydrogens is 347 g/mol. The highest BCUT2D eigenvalue weighted by atomic mass is 32.2. The lowest BCUT2D eigenvalue weighted by atomic mass is 9.73. The van der Waals surface area contributed by atoms with Crippen LogP contribution >= 0.6 is 0 Å². The minimum absolute atomic E-state index is 0.215. The second kappa shape index (κ2) is 6.34. The molecule has 1 aromatic carbocycles. The van der Waals surface area contributed by atoms with Gasteiger partial charge in [-0.15, -0.1) is 0 Å². The van der Waals surface area contributed by atoms with Crippen molar-refractivity contribution in [1.82, 2.24) is 4.31 Å². The lowest BCUT2D eigenvalue weighted by molar-refractivity contribution is -0.150. The number of amides is 1. The van der Waals surface area contributed by atoms with Gasteiger partial charge in [0, 0.05) is 25.9 Å². The fourth-order valence-corrected chi connectivity index (χ4v) is 5.14. The molecule has 0 N–H and O–H groups in total. The average Bonchev–Trinajstić information content (AvgIpc) is 2.55. The van der Waals surface area contributed by atoms with E-state index in [9.17, 15) is 17.6 Å². The summed E-state index contributed by atoms with van der Waals surface area (Å²) in [4.78, 5) is 14.1. The van der Waals surface area contributed by atoms with Crippen LogP contribution in [0.4, 0.5) is 10.1 Å². The number of benzene rings is 1. The lowest BCUT2D eigenvalue weighted by Crippen LogP contribution is -2.78. The average molecular weight is 370 g/mol. The van der Waals surface area contributed by atoms with Gasteiger partial charge in [-0.2, -0.15) is 0 Å². The van der Waals surface area contributed by atoms with Gasteiger partial charge in [-0.05, 0) is 44.9 Å². The molecule has 1 amide bonds. The number of anilines is 1. The van der Waals surface area contributed by atoms with E-state index in [0.29, 0.717) is 31.6 Å². The largest absolute Gasteiger partial charge is 0.369 e. The van der Waals surface area contributed by atoms with Gasteiger partial charge in [-0.3, -0.25) is 4.79 Å². The van der Waals surface area contributed by atoms with Crippen molar-refractivity contribution in [1.29, 1.82) is 0 Å². The zero-order valence-electron chi connectivity index (χ0n) is 14.6. The van der Waals surface area contributed by atoms with Crippen molar-refractivity contribution in [3.05, 3.63) is 30.1 Å². The second-order valence-corrected chi connectivity index (χ2v) is 9.35. The molecule has 1 aromatic rings. The highest BCUT2D eigenvalue weighted by Gasteiger charge is 2.62. The van der Waals surface area contributed by atoms with Crippen LogP contribution in [0.3, 0.4) is 0 Å². The molecule has 2 aliphatic heterocycles. The van der Waals surface area contributed by atoms with Gasteiger partial charge in [0.05, 0.1) is 10.8 Å². The number of sulfonamides is 1. The van der Waals surface area contributed by atoms with Crippen LogP contribution in [-0.4, -0.2) is 55.7 Å². The van der Waals surface area contributed by atoms with E-state index in [1.807, 2.05) is 0 Å². The SMILES string of the molecule is COC1C(=O)N(c2cccc(F)c2)C12CCN(S(=O)(=O)C(C)C)CC2. The summed E-state index contributed by atoms with van der Waals surface area (Å²) >= 11 is 0. The van der Waals surface area contributed by atoms with E-state index in [0.717, 1.165) is 0 Å². The van der Waals surface area contributed by atoms with Crippen LogP contribution in [0.2, 0.25) is 0 Å². The minimum Gasteiger partial charge on any atom is -0.369 e. The molecule has 6 nitrogen and oxygen atoms in total. The Bertz CT molecular complexity index is 773. The molecule has 1 atom stereocenters. The van der Waals surface area contributed by atoms with E-state index in [1.54, 1.807) is 30.9 Å². The van der Waals surface area contributed by atoms with E-state index in [2.05, 4.69) is 0 Å². The van der Waals surface area contributed by atoms with Crippen molar-refractivity contribution in [3.63, 3.8) is 0 Å². The molecule has 8 heteroatoms. The summed E-state index contributed by atoms with van der Waals surface area (Å²) in [5, 5.41) is -0.484. The molecule has 1 spiro atoms. The molecule has 0 bridgehead atoms. The van der Waals surface area contributed by atoms with Crippen molar-refractivity contribution in [2.75, 3.05) is 25.1 Å². The number of rotatable bonds is 4. The topological polar surface area (TPSA) is 66.9 Å². The first-order chi connectivity index (χ1) is 11.7. The normalized spacial score (nSPS) is 24.0. The summed E-state index contributed by atoms with van der Waals surface area (Å²) in [7, 11) is -1.86. The summed E-state index contributed by atoms with van der Waals surface area (Å²) < 4.78 is 45.2. The number of piperidine rings is 1. The zero-order chi connectivity index (χ0) is 18.4. The van der Waals surface area contributed by atoms with Crippen LogP contribution in [0.15, 0.2) is 24.3 Å². The molecule has 25 heavy (non-hydrogen) atoms. The van der Waals surface area contributed by atoms with E-state index in [-0.39, 0.29) is 5.91 Å². The third kappa shape index (κ3) is 2.76. The molecule has 1 unspecified atom stereocenters. The quantitative estimate of drug-likeness (QED) is 0.758. The monoisotopic (exact) mass is 370 g/mol. The molecule has 0 aromatic heterocycles. The molecular formula is C17H23FN2O4S. The molecule has 0 radical (unpaired) electrons. The van der Waals surface area contributed by atoms with Gasteiger partial charge in [0.1, 0.15) is 5.82 Å². The van der Waals surface area contributed by atoms with Crippen LogP contribution in [0.25, 0.3) is 0 Å². The third-order valence-corrected chi connectivity index (χ3v) is 7.50. The van der Waals surface area contributed by atoms with Gasteiger partial charge in [0.25, 0.3) is 5.91 Å². The van der Waals surface area contributed by atoms with Crippen molar-refractivity contribution in [2.24, 2.45) is 0 Å². The highest BCUT2D eigenvalue weighted by molar-refractivity contribution is 7.89. The number of hydrogen-bond acceptors (Lipinski definition) is 4. The Kier molecular flexibility index (Phi) is 4.63. The predicted molar refractivity (Wildman–Crippen MR) is 92.3 cm³/mol. The van der Waals surface area contributed by atoms with E-state index < -0.39 is 32.7 Å². The Morgan fingerprint density at radius 2 is 1.92 bits per heavy atom. The lowest BCUT2D eigenvalue weighted by Gasteiger charge is -2.59. The van der Waals surface area contributed by atoms with Crippen LogP contribution < -0.4 is 4.90 Å². The molecule has 3 rings (SSSR count). The van der Waals surface area contributed by atoms with Crippen molar-refractivity contribution in [3.8, 4) is 0 Å². The summed E-state index contributed by atoms with van der Waals surface area (Å²) in [6, 6.07) is 5.89. The summed E-state index contributed by atoms with van der Waals surface area (Å²) in [6.45, 7) is 3.95. The summed E-state index contributed by atoms with van der Waals surface area (Å²) in [6.07, 6.45) is 0.291. The van der Waals surface area contributed by atoms with Crippen LogP contribution in [0.1, 0.15) is 26.7 Å². The van der Waals surface area contributed by atoms with Crippen LogP contribution in [0, 0.1) is 5.82 Å². The van der Waals surface area contributed by atoms with Crippen molar-refractivity contribution in [2.45, 2.75) is 43.6 Å². The number of nitrogens with zero attached hydrogens (tertiary/aromatic N) is 2. The number of halogens is 1. The third-order valence-electron chi connectivity index (χ3n) is 5.22. The molecule has 2 heterocycles. The molecule has 2 aliphatic rings. The first kappa shape index (κ1) is 18.3. The molecule has 2 saturated heterocycles. The van der Waals surface area contributed by atoms with E-state index in [4.69, 9.17) is 4.74 Å². The Hall–Kier alpha value is -1.51. The maximum Gasteiger partial charge on any atom is 0.259 e. The summed E-state index contributed by atoms with van der Waals surface area (Å²) in [5.41, 5.74) is -0.138. The zero-order valence-corrected chi connectivity index (χ0v) is 15.4. The van der Waals surface area contributed by atoms with Gasteiger partial charge in [0.15, 0.2) is 6.10 Å². The van der Waals surface area contributed by atoms with E-state index >= 15 is 0 Å². The fraction of sp³-hybridized carbons (Fsp3) is 0.588. The fourth-order valence-electron chi connectivity index (χ4n) is 3.85. The van der Waals surface area contributed by atoms with Gasteiger partial charge >= 0.3 is 0 Å². The number of hydrogen-bond donors (Lipinski definition) is 0. The predicted octanol–water partition coefficient (Wildman–Crippen LogP) is 1.76. The molecule has 2 fully saturated rings. The Balaban J connectivity index is 1.88. The van der Waals surface area contributed by atoms with Crippen LogP contribution in [0.5, 0.6) is 0 Å². The van der Waals surface area contributed by atoms with Gasteiger partial charge in [-0.25, -0.2) is 17.1 Å². The highest BCUT2D eigenvalue weighted by Crippen LogP contribution is 2.46. The Morgan fingerprint density at radius 1 is 1.28 bits per heavy atom. The number of β-lactam (4-membered cyclic amide) rings is 1. The minimum atomic E-state index is -3.33. The van der Waals surface area contributed by atoms with Crippen molar-refractivity contribution >= 4 is 21.6 Å². The standard InChI is InChI=1S/C17H23FN2O4S/c1-12(2)25(22,23)19-9-7-17(8-10-19)15(24-3)16(21)20(17)14-6-4-5-13(18)11-14/h4-6,11-12,15H,7-10H2,1-3H3. The molecule has 0 saturated carbocycles. The molecule has 0 aliphatic carbocycles. The smallest absolute Gasteiger partial charge is 0.259 e. The second-order valence-electron chi connectivity index (χ2n) is 6.87. The number of methoxy groups -OCH3 is 1. The van der Waals surface area contributed by atoms with E-state index in [1.165, 1.54) is 23.5 Å². The van der Waals surface area contributed by atoms with Crippen LogP contribution in [-0.2, 0) is 19.6 Å². The van der Waals surface area contributed by atoms with Gasteiger partial charge < -0.3 is 9.64 Å². The number of carbonyl (C=O) groups excluding carboxylic acids is 1. The first-order valence-electron chi connectivity index (χ1n) is 8.35. The maximum absolute atomic E-state index is 13.6. The number of carbonyl (C=O) groups is 1. The summed E-state index contributed by atoms with van der Waals surface area (Å²) in [5.74, 6) is -0.630. The first-order valence-corrected chi connectivity index (χ1v) is 9.86.